The second-order valence-corrected chi connectivity index (χ2v) is 1.90. The van der Waals surface area contributed by atoms with Crippen LogP contribution < -0.4 is 5.69 Å². The maximum absolute atomic E-state index is 10.5. The molecule has 0 saturated heterocycles. The number of aromatic nitrogens is 2. The lowest BCUT2D eigenvalue weighted by atomic mass is 10.4. The summed E-state index contributed by atoms with van der Waals surface area (Å²) < 4.78 is 0.179. The molecule has 0 aliphatic carbocycles. The van der Waals surface area contributed by atoms with Crippen molar-refractivity contribution < 1.29 is 10.3 Å². The molecule has 1 rings (SSSR count). The van der Waals surface area contributed by atoms with Gasteiger partial charge in [0.15, 0.2) is 0 Å². The van der Waals surface area contributed by atoms with E-state index in [1.165, 1.54) is 0 Å². The number of aromatic hydroxyl groups is 1. The Morgan fingerprint density at radius 1 is 1.70 bits per heavy atom. The average molecular weight is 144 g/mol. The molecule has 0 aliphatic rings. The number of aryl methyl sites for hydroxylation is 1. The lowest BCUT2D eigenvalue weighted by Crippen LogP contribution is -2.12. The Hall–Kier alpha value is -1.39. The Morgan fingerprint density at radius 3 is 2.50 bits per heavy atom. The van der Waals surface area contributed by atoms with Gasteiger partial charge in [0.2, 0.25) is 0 Å². The molecule has 0 aliphatic heterocycles. The topological polar surface area (TPSA) is 78.2 Å². The number of imidazole rings is 1. The third-order valence-corrected chi connectivity index (χ3v) is 1.27. The molecule has 1 heterocycles. The van der Waals surface area contributed by atoms with Crippen LogP contribution in [-0.4, -0.2) is 20.0 Å². The van der Waals surface area contributed by atoms with Gasteiger partial charge in [0.25, 0.3) is 5.88 Å². The molecule has 0 saturated carbocycles. The minimum absolute atomic E-state index is 0.179. The molecule has 1 aromatic rings. The van der Waals surface area contributed by atoms with Crippen LogP contribution in [0.1, 0.15) is 12.6 Å². The molecule has 3 N–H and O–H groups in total. The summed E-state index contributed by atoms with van der Waals surface area (Å²) in [4.78, 5) is 12.8. The molecule has 56 valence electrons. The largest absolute Gasteiger partial charge is 0.491 e. The zero-order valence-electron chi connectivity index (χ0n) is 5.46. The normalized spacial score (nSPS) is 10.1. The van der Waals surface area contributed by atoms with Crippen LogP contribution in [0.15, 0.2) is 4.79 Å². The Balaban J connectivity index is 3.31. The van der Waals surface area contributed by atoms with E-state index in [-0.39, 0.29) is 4.73 Å². The van der Waals surface area contributed by atoms with E-state index in [4.69, 9.17) is 10.3 Å². The maximum Gasteiger partial charge on any atom is 0.362 e. The van der Waals surface area contributed by atoms with Gasteiger partial charge in [-0.3, -0.25) is 0 Å². The van der Waals surface area contributed by atoms with Crippen molar-refractivity contribution in [2.24, 2.45) is 0 Å². The molecule has 0 unspecified atom stereocenters. The van der Waals surface area contributed by atoms with Crippen LogP contribution in [0.2, 0.25) is 0 Å². The lowest BCUT2D eigenvalue weighted by molar-refractivity contribution is 0.146. The summed E-state index contributed by atoms with van der Waals surface area (Å²) in [5, 5.41) is 17.6. The summed E-state index contributed by atoms with van der Waals surface area (Å²) in [5.74, 6) is -0.410. The average Bonchev–Trinajstić information content (AvgIpc) is 2.17. The number of nitrogens with zero attached hydrogens (tertiary/aromatic N) is 1. The van der Waals surface area contributed by atoms with Crippen molar-refractivity contribution in [2.75, 3.05) is 0 Å². The van der Waals surface area contributed by atoms with Gasteiger partial charge in [0, 0.05) is 0 Å². The summed E-state index contributed by atoms with van der Waals surface area (Å²) in [6.45, 7) is 1.75. The Kier molecular flexibility index (Phi) is 1.41. The minimum Gasteiger partial charge on any atom is -0.491 e. The molecule has 0 fully saturated rings. The first kappa shape index (κ1) is 6.73. The van der Waals surface area contributed by atoms with Crippen molar-refractivity contribution in [3.05, 3.63) is 16.2 Å². The summed E-state index contributed by atoms with van der Waals surface area (Å²) in [7, 11) is 0. The van der Waals surface area contributed by atoms with E-state index in [0.717, 1.165) is 0 Å². The van der Waals surface area contributed by atoms with E-state index < -0.39 is 11.6 Å². The summed E-state index contributed by atoms with van der Waals surface area (Å²) in [6, 6.07) is 0. The van der Waals surface area contributed by atoms with Crippen molar-refractivity contribution in [3.8, 4) is 5.88 Å². The molecule has 1 aromatic heterocycles. The van der Waals surface area contributed by atoms with Crippen LogP contribution in [0.4, 0.5) is 0 Å². The van der Waals surface area contributed by atoms with Crippen LogP contribution in [0, 0.1) is 0 Å². The maximum atomic E-state index is 10.5. The molecule has 5 nitrogen and oxygen atoms in total. The number of nitrogens with one attached hydrogen (secondary N) is 1. The molecule has 0 radical (unpaired) electrons. The van der Waals surface area contributed by atoms with Crippen molar-refractivity contribution in [3.63, 3.8) is 0 Å². The first-order valence-electron chi connectivity index (χ1n) is 2.89. The van der Waals surface area contributed by atoms with E-state index in [1.54, 1.807) is 6.92 Å². The van der Waals surface area contributed by atoms with E-state index in [1.807, 2.05) is 0 Å². The fraction of sp³-hybridized carbons (Fsp3) is 0.400. The second kappa shape index (κ2) is 2.09. The molecule has 0 atom stereocenters. The van der Waals surface area contributed by atoms with Gasteiger partial charge < -0.3 is 15.3 Å². The van der Waals surface area contributed by atoms with Crippen LogP contribution in [-0.2, 0) is 6.42 Å². The highest BCUT2D eigenvalue weighted by Gasteiger charge is 2.08. The summed E-state index contributed by atoms with van der Waals surface area (Å²) >= 11 is 0. The Bertz CT molecular complexity index is 286. The van der Waals surface area contributed by atoms with Gasteiger partial charge in [-0.05, 0) is 6.42 Å². The molecule has 0 amide bonds. The molecular weight excluding hydrogens is 136 g/mol. The smallest absolute Gasteiger partial charge is 0.362 e. The van der Waals surface area contributed by atoms with E-state index in [9.17, 15) is 4.79 Å². The van der Waals surface area contributed by atoms with Crippen LogP contribution >= 0.6 is 0 Å². The molecule has 0 spiro atoms. The van der Waals surface area contributed by atoms with Crippen molar-refractivity contribution in [1.29, 1.82) is 0 Å². The van der Waals surface area contributed by atoms with Crippen LogP contribution in [0.25, 0.3) is 0 Å². The fourth-order valence-corrected chi connectivity index (χ4v) is 0.708. The number of H-pyrrole nitrogens is 1. The Labute approximate surface area is 56.5 Å². The molecular formula is C5H8N2O3. The van der Waals surface area contributed by atoms with Gasteiger partial charge in [-0.25, -0.2) is 4.79 Å². The van der Waals surface area contributed by atoms with Crippen LogP contribution in [0.5, 0.6) is 5.88 Å². The number of hydrogen-bond acceptors (Lipinski definition) is 3. The van der Waals surface area contributed by atoms with Gasteiger partial charge in [-0.2, -0.15) is 0 Å². The summed E-state index contributed by atoms with van der Waals surface area (Å²) in [5.41, 5.74) is -0.373. The van der Waals surface area contributed by atoms with Gasteiger partial charge >= 0.3 is 5.69 Å². The zero-order valence-corrected chi connectivity index (χ0v) is 5.46. The third kappa shape index (κ3) is 0.754. The zero-order chi connectivity index (χ0) is 7.72. The van der Waals surface area contributed by atoms with Crippen molar-refractivity contribution >= 4 is 0 Å². The van der Waals surface area contributed by atoms with Crippen LogP contribution in [0.3, 0.4) is 0 Å². The predicted molar refractivity (Wildman–Crippen MR) is 33.3 cm³/mol. The quantitative estimate of drug-likeness (QED) is 0.473. The first-order chi connectivity index (χ1) is 4.66. The van der Waals surface area contributed by atoms with Gasteiger partial charge in [-0.1, -0.05) is 11.7 Å². The standard InChI is InChI=1S/C5H8N2O3/c1-2-3-4(8)7(10)5(9)6-3/h8,10H,2H2,1H3,(H,6,9). The molecule has 0 aromatic carbocycles. The molecule has 10 heavy (non-hydrogen) atoms. The van der Waals surface area contributed by atoms with E-state index >= 15 is 0 Å². The third-order valence-electron chi connectivity index (χ3n) is 1.27. The Morgan fingerprint density at radius 2 is 2.30 bits per heavy atom. The van der Waals surface area contributed by atoms with Gasteiger partial charge in [-0.15, -0.1) is 0 Å². The highest BCUT2D eigenvalue weighted by Crippen LogP contribution is 2.09. The number of hydrogen-bond donors (Lipinski definition) is 3. The SMILES string of the molecule is CCc1[nH]c(=O)n(O)c1O. The number of rotatable bonds is 1. The molecule has 5 heteroatoms. The van der Waals surface area contributed by atoms with Gasteiger partial charge in [0.1, 0.15) is 0 Å². The number of aromatic amines is 1. The molecule has 0 bridgehead atoms. The van der Waals surface area contributed by atoms with Crippen molar-refractivity contribution in [2.45, 2.75) is 13.3 Å². The lowest BCUT2D eigenvalue weighted by Gasteiger charge is -1.90. The van der Waals surface area contributed by atoms with E-state index in [0.29, 0.717) is 12.1 Å². The highest BCUT2D eigenvalue weighted by molar-refractivity contribution is 5.16. The summed E-state index contributed by atoms with van der Waals surface area (Å²) in [6.07, 6.45) is 0.481. The monoisotopic (exact) mass is 144 g/mol. The first-order valence-corrected chi connectivity index (χ1v) is 2.89. The van der Waals surface area contributed by atoms with Crippen molar-refractivity contribution in [1.82, 2.24) is 9.71 Å². The van der Waals surface area contributed by atoms with E-state index in [2.05, 4.69) is 4.98 Å². The fourth-order valence-electron chi connectivity index (χ4n) is 0.708. The highest BCUT2D eigenvalue weighted by atomic mass is 16.5. The predicted octanol–water partition coefficient (Wildman–Crippen LogP) is -0.318. The van der Waals surface area contributed by atoms with Gasteiger partial charge in [0.05, 0.1) is 5.69 Å². The minimum atomic E-state index is -0.714. The second-order valence-electron chi connectivity index (χ2n) is 1.90.